The minimum absolute atomic E-state index is 0.0115. The molecule has 0 radical (unpaired) electrons. The monoisotopic (exact) mass is 381 g/mol. The summed E-state index contributed by atoms with van der Waals surface area (Å²) in [4.78, 5) is 35.3. The molecule has 148 valence electrons. The van der Waals surface area contributed by atoms with Crippen LogP contribution in [0.3, 0.4) is 0 Å². The van der Waals surface area contributed by atoms with Crippen molar-refractivity contribution < 1.29 is 9.59 Å². The molecule has 0 aliphatic carbocycles. The van der Waals surface area contributed by atoms with Crippen LogP contribution in [-0.4, -0.2) is 34.4 Å². The first kappa shape index (κ1) is 19.8. The van der Waals surface area contributed by atoms with Gasteiger partial charge in [0.15, 0.2) is 0 Å². The molecular weight excluding hydrogens is 354 g/mol. The Bertz CT molecular complexity index is 898. The molecule has 7 nitrogen and oxygen atoms in total. The van der Waals surface area contributed by atoms with Gasteiger partial charge in [0.25, 0.3) is 5.91 Å². The van der Waals surface area contributed by atoms with E-state index in [0.717, 1.165) is 16.9 Å². The van der Waals surface area contributed by atoms with Crippen molar-refractivity contribution in [1.82, 2.24) is 15.3 Å². The van der Waals surface area contributed by atoms with Crippen LogP contribution < -0.4 is 15.5 Å². The normalized spacial score (nSPS) is 21.0. The lowest BCUT2D eigenvalue weighted by atomic mass is 9.82. The first-order chi connectivity index (χ1) is 13.3. The first-order valence-corrected chi connectivity index (χ1v) is 9.61. The Morgan fingerprint density at radius 1 is 1.21 bits per heavy atom. The molecule has 0 spiro atoms. The summed E-state index contributed by atoms with van der Waals surface area (Å²) in [5, 5.41) is 6.25. The molecule has 1 aromatic carbocycles. The van der Waals surface area contributed by atoms with Gasteiger partial charge in [-0.25, -0.2) is 9.97 Å². The van der Waals surface area contributed by atoms with Crippen LogP contribution in [0.5, 0.6) is 0 Å². The molecule has 1 aliphatic heterocycles. The second-order valence-electron chi connectivity index (χ2n) is 7.27. The van der Waals surface area contributed by atoms with E-state index in [1.807, 2.05) is 39.0 Å². The molecule has 7 heteroatoms. The number of hydrogen-bond acceptors (Lipinski definition) is 5. The molecule has 0 saturated heterocycles. The van der Waals surface area contributed by atoms with Gasteiger partial charge in [-0.2, -0.15) is 0 Å². The molecule has 0 unspecified atom stereocenters. The van der Waals surface area contributed by atoms with Crippen LogP contribution in [0.2, 0.25) is 0 Å². The first-order valence-electron chi connectivity index (χ1n) is 9.61. The van der Waals surface area contributed by atoms with Crippen LogP contribution in [-0.2, 0) is 4.79 Å². The van der Waals surface area contributed by atoms with E-state index in [2.05, 4.69) is 27.5 Å². The predicted molar refractivity (Wildman–Crippen MR) is 109 cm³/mol. The maximum absolute atomic E-state index is 12.4. The standard InChI is InChI=1S/C21H27N5O2/c1-6-22-20(28)16-7-8-18-17(11-16)19(13(3)14(4)26(18)15(5)27)25-21-23-10-9-12(2)24-21/h7-11,13-14,19H,6H2,1-5H3,(H,22,28)(H,23,24,25)/t13-,14-,19+/m0/s1. The molecule has 3 atom stereocenters. The highest BCUT2D eigenvalue weighted by Gasteiger charge is 2.38. The number of carbonyl (C=O) groups is 2. The molecule has 2 aromatic rings. The Labute approximate surface area is 165 Å². The number of aryl methyl sites for hydroxylation is 1. The summed E-state index contributed by atoms with van der Waals surface area (Å²) in [6.45, 7) is 10.1. The van der Waals surface area contributed by atoms with Gasteiger partial charge in [-0.3, -0.25) is 9.59 Å². The largest absolute Gasteiger partial charge is 0.352 e. The van der Waals surface area contributed by atoms with Crippen LogP contribution in [0.4, 0.5) is 11.6 Å². The van der Waals surface area contributed by atoms with Gasteiger partial charge in [-0.15, -0.1) is 0 Å². The highest BCUT2D eigenvalue weighted by Crippen LogP contribution is 2.42. The second-order valence-corrected chi connectivity index (χ2v) is 7.27. The van der Waals surface area contributed by atoms with Crippen LogP contribution in [0, 0.1) is 12.8 Å². The van der Waals surface area contributed by atoms with E-state index in [1.165, 1.54) is 0 Å². The SMILES string of the molecule is CCNC(=O)c1ccc2c(c1)[C@H](Nc1nccc(C)n1)[C@@H](C)[C@H](C)N2C(C)=O. The number of carbonyl (C=O) groups excluding carboxylic acids is 2. The maximum Gasteiger partial charge on any atom is 0.251 e. The average molecular weight is 381 g/mol. The van der Waals surface area contributed by atoms with Gasteiger partial charge in [0.1, 0.15) is 0 Å². The predicted octanol–water partition coefficient (Wildman–Crippen LogP) is 3.08. The summed E-state index contributed by atoms with van der Waals surface area (Å²) in [6.07, 6.45) is 1.72. The third-order valence-corrected chi connectivity index (χ3v) is 5.33. The number of nitrogens with zero attached hydrogens (tertiary/aromatic N) is 3. The van der Waals surface area contributed by atoms with Crippen molar-refractivity contribution in [2.24, 2.45) is 5.92 Å². The number of fused-ring (bicyclic) bond motifs is 1. The van der Waals surface area contributed by atoms with E-state index in [-0.39, 0.29) is 29.8 Å². The molecule has 1 aliphatic rings. The van der Waals surface area contributed by atoms with Gasteiger partial charge in [-0.05, 0) is 50.6 Å². The van der Waals surface area contributed by atoms with Gasteiger partial charge in [0.05, 0.1) is 6.04 Å². The van der Waals surface area contributed by atoms with E-state index in [9.17, 15) is 9.59 Å². The average Bonchev–Trinajstić information content (AvgIpc) is 2.65. The molecule has 3 rings (SSSR count). The second kappa shape index (κ2) is 7.96. The number of aromatic nitrogens is 2. The molecule has 0 bridgehead atoms. The third kappa shape index (κ3) is 3.69. The third-order valence-electron chi connectivity index (χ3n) is 5.33. The van der Waals surface area contributed by atoms with Crippen LogP contribution in [0.15, 0.2) is 30.5 Å². The van der Waals surface area contributed by atoms with Gasteiger partial charge in [-0.1, -0.05) is 6.92 Å². The lowest BCUT2D eigenvalue weighted by Crippen LogP contribution is -2.48. The van der Waals surface area contributed by atoms with Gasteiger partial charge >= 0.3 is 0 Å². The summed E-state index contributed by atoms with van der Waals surface area (Å²) < 4.78 is 0. The van der Waals surface area contributed by atoms with Gasteiger partial charge < -0.3 is 15.5 Å². The molecule has 0 saturated carbocycles. The van der Waals surface area contributed by atoms with Crippen LogP contribution in [0.1, 0.15) is 55.4 Å². The van der Waals surface area contributed by atoms with Crippen LogP contribution in [0.25, 0.3) is 0 Å². The molecular formula is C21H27N5O2. The van der Waals surface area contributed by atoms with Crippen LogP contribution >= 0.6 is 0 Å². The Kier molecular flexibility index (Phi) is 5.63. The molecule has 1 aromatic heterocycles. The minimum Gasteiger partial charge on any atom is -0.352 e. The van der Waals surface area contributed by atoms with E-state index in [0.29, 0.717) is 18.1 Å². The van der Waals surface area contributed by atoms with Crippen molar-refractivity contribution in [2.45, 2.75) is 46.7 Å². The zero-order valence-electron chi connectivity index (χ0n) is 17.0. The lowest BCUT2D eigenvalue weighted by molar-refractivity contribution is -0.117. The Balaban J connectivity index is 2.09. The number of benzene rings is 1. The van der Waals surface area contributed by atoms with Crippen molar-refractivity contribution in [3.05, 3.63) is 47.3 Å². The minimum atomic E-state index is -0.128. The van der Waals surface area contributed by atoms with E-state index < -0.39 is 0 Å². The Morgan fingerprint density at radius 2 is 1.96 bits per heavy atom. The fourth-order valence-corrected chi connectivity index (χ4v) is 3.77. The molecule has 2 N–H and O–H groups in total. The quantitative estimate of drug-likeness (QED) is 0.850. The summed E-state index contributed by atoms with van der Waals surface area (Å²) in [5.74, 6) is 0.479. The lowest BCUT2D eigenvalue weighted by Gasteiger charge is -2.44. The smallest absolute Gasteiger partial charge is 0.251 e. The van der Waals surface area contributed by atoms with Gasteiger partial charge in [0.2, 0.25) is 11.9 Å². The Morgan fingerprint density at radius 3 is 2.61 bits per heavy atom. The summed E-state index contributed by atoms with van der Waals surface area (Å²) in [6, 6.07) is 7.19. The van der Waals surface area contributed by atoms with Crippen molar-refractivity contribution in [1.29, 1.82) is 0 Å². The Hall–Kier alpha value is -2.96. The van der Waals surface area contributed by atoms with Crippen molar-refractivity contribution in [3.63, 3.8) is 0 Å². The number of nitrogens with one attached hydrogen (secondary N) is 2. The number of rotatable bonds is 4. The number of amides is 2. The highest BCUT2D eigenvalue weighted by atomic mass is 16.2. The van der Waals surface area contributed by atoms with Gasteiger partial charge in [0, 0.05) is 48.6 Å². The number of anilines is 2. The zero-order chi connectivity index (χ0) is 20.4. The fraction of sp³-hybridized carbons (Fsp3) is 0.429. The number of hydrogen-bond donors (Lipinski definition) is 2. The zero-order valence-corrected chi connectivity index (χ0v) is 17.0. The van der Waals surface area contributed by atoms with E-state index in [4.69, 9.17) is 0 Å². The fourth-order valence-electron chi connectivity index (χ4n) is 3.77. The van der Waals surface area contributed by atoms with E-state index >= 15 is 0 Å². The maximum atomic E-state index is 12.4. The highest BCUT2D eigenvalue weighted by molar-refractivity contribution is 5.97. The van der Waals surface area contributed by atoms with Crippen molar-refractivity contribution in [3.8, 4) is 0 Å². The molecule has 2 heterocycles. The summed E-state index contributed by atoms with van der Waals surface area (Å²) in [7, 11) is 0. The molecule has 28 heavy (non-hydrogen) atoms. The molecule has 0 fully saturated rings. The topological polar surface area (TPSA) is 87.2 Å². The summed E-state index contributed by atoms with van der Waals surface area (Å²) in [5.41, 5.74) is 3.16. The summed E-state index contributed by atoms with van der Waals surface area (Å²) >= 11 is 0. The van der Waals surface area contributed by atoms with E-state index in [1.54, 1.807) is 24.1 Å². The van der Waals surface area contributed by atoms with Crippen molar-refractivity contribution in [2.75, 3.05) is 16.8 Å². The molecule has 2 amide bonds. The van der Waals surface area contributed by atoms with Crippen molar-refractivity contribution >= 4 is 23.5 Å².